The van der Waals surface area contributed by atoms with Crippen LogP contribution in [-0.2, 0) is 11.2 Å². The summed E-state index contributed by atoms with van der Waals surface area (Å²) in [7, 11) is 0. The Balaban J connectivity index is 2.70. The van der Waals surface area contributed by atoms with E-state index in [2.05, 4.69) is 5.32 Å². The molecule has 19 heavy (non-hydrogen) atoms. The Morgan fingerprint density at radius 1 is 1.32 bits per heavy atom. The highest BCUT2D eigenvalue weighted by molar-refractivity contribution is 5.89. The Morgan fingerprint density at radius 3 is 2.63 bits per heavy atom. The van der Waals surface area contributed by atoms with E-state index in [1.165, 1.54) is 0 Å². The second-order valence-electron chi connectivity index (χ2n) is 4.28. The first kappa shape index (κ1) is 15.0. The van der Waals surface area contributed by atoms with Gasteiger partial charge in [-0.2, -0.15) is 0 Å². The van der Waals surface area contributed by atoms with Gasteiger partial charge in [0.05, 0.1) is 6.42 Å². The van der Waals surface area contributed by atoms with Gasteiger partial charge < -0.3 is 15.3 Å². The van der Waals surface area contributed by atoms with Gasteiger partial charge in [-0.05, 0) is 31.0 Å². The lowest BCUT2D eigenvalue weighted by Crippen LogP contribution is -2.35. The number of nitrogens with zero attached hydrogens (tertiary/aromatic N) is 1. The van der Waals surface area contributed by atoms with Gasteiger partial charge in [-0.25, -0.2) is 4.79 Å². The highest BCUT2D eigenvalue weighted by Crippen LogP contribution is 2.12. The van der Waals surface area contributed by atoms with E-state index >= 15 is 0 Å². The van der Waals surface area contributed by atoms with E-state index in [9.17, 15) is 9.59 Å². The topological polar surface area (TPSA) is 69.6 Å². The summed E-state index contributed by atoms with van der Waals surface area (Å²) in [4.78, 5) is 24.3. The molecule has 1 aromatic carbocycles. The van der Waals surface area contributed by atoms with Crippen LogP contribution in [-0.4, -0.2) is 35.1 Å². The van der Waals surface area contributed by atoms with Gasteiger partial charge in [0, 0.05) is 18.8 Å². The average molecular weight is 264 g/mol. The Kier molecular flexibility index (Phi) is 5.85. The SMILES string of the molecule is CCCN(CC)C(=O)Nc1cccc(CC(=O)O)c1. The average Bonchev–Trinajstić information content (AvgIpc) is 2.35. The van der Waals surface area contributed by atoms with Crippen molar-refractivity contribution in [2.45, 2.75) is 26.7 Å². The summed E-state index contributed by atoms with van der Waals surface area (Å²) in [6.45, 7) is 5.30. The third-order valence-corrected chi connectivity index (χ3v) is 2.70. The van der Waals surface area contributed by atoms with Crippen LogP contribution in [0.1, 0.15) is 25.8 Å². The maximum absolute atomic E-state index is 12.0. The molecule has 0 saturated heterocycles. The molecule has 0 aromatic heterocycles. The summed E-state index contributed by atoms with van der Waals surface area (Å²) in [6.07, 6.45) is 0.858. The number of benzene rings is 1. The van der Waals surface area contributed by atoms with Crippen molar-refractivity contribution in [3.05, 3.63) is 29.8 Å². The number of aliphatic carboxylic acids is 1. The van der Waals surface area contributed by atoms with Crippen molar-refractivity contribution < 1.29 is 14.7 Å². The van der Waals surface area contributed by atoms with Crippen molar-refractivity contribution in [3.8, 4) is 0 Å². The minimum atomic E-state index is -0.885. The standard InChI is InChI=1S/C14H20N2O3/c1-3-8-16(4-2)14(19)15-12-7-5-6-11(9-12)10-13(17)18/h5-7,9H,3-4,8,10H2,1-2H3,(H,15,19)(H,17,18). The predicted octanol–water partition coefficient (Wildman–Crippen LogP) is 2.58. The number of urea groups is 1. The zero-order chi connectivity index (χ0) is 14.3. The summed E-state index contributed by atoms with van der Waals surface area (Å²) < 4.78 is 0. The van der Waals surface area contributed by atoms with Crippen LogP contribution >= 0.6 is 0 Å². The van der Waals surface area contributed by atoms with Gasteiger partial charge >= 0.3 is 12.0 Å². The molecule has 0 spiro atoms. The highest BCUT2D eigenvalue weighted by atomic mass is 16.4. The first-order chi connectivity index (χ1) is 9.06. The smallest absolute Gasteiger partial charge is 0.321 e. The third kappa shape index (κ3) is 4.99. The van der Waals surface area contributed by atoms with E-state index < -0.39 is 5.97 Å². The second-order valence-corrected chi connectivity index (χ2v) is 4.28. The van der Waals surface area contributed by atoms with Crippen LogP contribution in [0.4, 0.5) is 10.5 Å². The Bertz CT molecular complexity index is 446. The number of anilines is 1. The number of carboxylic acids is 1. The van der Waals surface area contributed by atoms with E-state index in [0.29, 0.717) is 24.3 Å². The normalized spacial score (nSPS) is 10.0. The van der Waals surface area contributed by atoms with E-state index in [1.807, 2.05) is 13.8 Å². The van der Waals surface area contributed by atoms with Gasteiger partial charge in [0.25, 0.3) is 0 Å². The molecule has 0 fully saturated rings. The number of hydrogen-bond acceptors (Lipinski definition) is 2. The molecule has 0 bridgehead atoms. The monoisotopic (exact) mass is 264 g/mol. The third-order valence-electron chi connectivity index (χ3n) is 2.70. The molecule has 0 radical (unpaired) electrons. The van der Waals surface area contributed by atoms with Crippen LogP contribution in [0.3, 0.4) is 0 Å². The number of rotatable bonds is 6. The first-order valence-corrected chi connectivity index (χ1v) is 6.43. The van der Waals surface area contributed by atoms with Gasteiger partial charge in [0.15, 0.2) is 0 Å². The van der Waals surface area contributed by atoms with Crippen molar-refractivity contribution in [2.24, 2.45) is 0 Å². The van der Waals surface area contributed by atoms with Gasteiger partial charge in [0.1, 0.15) is 0 Å². The summed E-state index contributed by atoms with van der Waals surface area (Å²) in [6, 6.07) is 6.75. The Labute approximate surface area is 113 Å². The van der Waals surface area contributed by atoms with Gasteiger partial charge in [-0.15, -0.1) is 0 Å². The predicted molar refractivity (Wildman–Crippen MR) is 74.3 cm³/mol. The van der Waals surface area contributed by atoms with Gasteiger partial charge in [-0.1, -0.05) is 19.1 Å². The summed E-state index contributed by atoms with van der Waals surface area (Å²) in [5.74, 6) is -0.885. The molecular weight excluding hydrogens is 244 g/mol. The van der Waals surface area contributed by atoms with Crippen molar-refractivity contribution in [1.29, 1.82) is 0 Å². The summed E-state index contributed by atoms with van der Waals surface area (Å²) >= 11 is 0. The van der Waals surface area contributed by atoms with Crippen LogP contribution in [0.5, 0.6) is 0 Å². The number of carbonyl (C=O) groups excluding carboxylic acids is 1. The second kappa shape index (κ2) is 7.41. The largest absolute Gasteiger partial charge is 0.481 e. The quantitative estimate of drug-likeness (QED) is 0.829. The number of carboxylic acid groups (broad SMARTS) is 1. The van der Waals surface area contributed by atoms with Crippen LogP contribution in [0.15, 0.2) is 24.3 Å². The molecule has 0 aliphatic rings. The molecule has 2 amide bonds. The van der Waals surface area contributed by atoms with Gasteiger partial charge in [0.2, 0.25) is 0 Å². The molecule has 0 saturated carbocycles. The molecule has 0 aliphatic carbocycles. The molecule has 1 aromatic rings. The fourth-order valence-electron chi connectivity index (χ4n) is 1.81. The minimum absolute atomic E-state index is 0.0455. The number of carbonyl (C=O) groups is 2. The van der Waals surface area contributed by atoms with Crippen LogP contribution in [0.2, 0.25) is 0 Å². The Hall–Kier alpha value is -2.04. The molecular formula is C14H20N2O3. The zero-order valence-corrected chi connectivity index (χ0v) is 11.3. The van der Waals surface area contributed by atoms with E-state index in [-0.39, 0.29) is 12.5 Å². The lowest BCUT2D eigenvalue weighted by molar-refractivity contribution is -0.136. The van der Waals surface area contributed by atoms with E-state index in [1.54, 1.807) is 29.2 Å². The van der Waals surface area contributed by atoms with Crippen molar-refractivity contribution >= 4 is 17.7 Å². The highest BCUT2D eigenvalue weighted by Gasteiger charge is 2.10. The molecule has 0 atom stereocenters. The van der Waals surface area contributed by atoms with Crippen LogP contribution in [0.25, 0.3) is 0 Å². The van der Waals surface area contributed by atoms with Crippen LogP contribution < -0.4 is 5.32 Å². The lowest BCUT2D eigenvalue weighted by atomic mass is 10.1. The molecule has 2 N–H and O–H groups in total. The fraction of sp³-hybridized carbons (Fsp3) is 0.429. The van der Waals surface area contributed by atoms with Crippen LogP contribution in [0, 0.1) is 0 Å². The molecule has 5 heteroatoms. The lowest BCUT2D eigenvalue weighted by Gasteiger charge is -2.20. The maximum atomic E-state index is 12.0. The first-order valence-electron chi connectivity index (χ1n) is 6.43. The number of hydrogen-bond donors (Lipinski definition) is 2. The fourth-order valence-corrected chi connectivity index (χ4v) is 1.81. The number of amides is 2. The van der Waals surface area contributed by atoms with E-state index in [0.717, 1.165) is 6.42 Å². The Morgan fingerprint density at radius 2 is 2.05 bits per heavy atom. The summed E-state index contributed by atoms with van der Waals surface area (Å²) in [5.41, 5.74) is 1.29. The molecule has 0 heterocycles. The maximum Gasteiger partial charge on any atom is 0.321 e. The molecule has 0 aliphatic heterocycles. The van der Waals surface area contributed by atoms with E-state index in [4.69, 9.17) is 5.11 Å². The van der Waals surface area contributed by atoms with Crippen molar-refractivity contribution in [1.82, 2.24) is 4.90 Å². The molecule has 104 valence electrons. The molecule has 1 rings (SSSR count). The van der Waals surface area contributed by atoms with Crippen molar-refractivity contribution in [3.63, 3.8) is 0 Å². The zero-order valence-electron chi connectivity index (χ0n) is 11.3. The minimum Gasteiger partial charge on any atom is -0.481 e. The van der Waals surface area contributed by atoms with Crippen molar-refractivity contribution in [2.75, 3.05) is 18.4 Å². The summed E-state index contributed by atoms with van der Waals surface area (Å²) in [5, 5.41) is 11.5. The number of nitrogens with one attached hydrogen (secondary N) is 1. The molecule has 0 unspecified atom stereocenters. The van der Waals surface area contributed by atoms with Gasteiger partial charge in [-0.3, -0.25) is 4.79 Å². The molecule has 5 nitrogen and oxygen atoms in total.